The molecule has 0 spiro atoms. The number of aromatic amines is 1. The minimum atomic E-state index is -0.925. The minimum absolute atomic E-state index is 0.101. The highest BCUT2D eigenvalue weighted by atomic mass is 19.1. The Labute approximate surface area is 111 Å². The van der Waals surface area contributed by atoms with E-state index in [9.17, 15) is 18.0 Å². The van der Waals surface area contributed by atoms with E-state index >= 15 is 0 Å². The first-order chi connectivity index (χ1) is 9.58. The summed E-state index contributed by atoms with van der Waals surface area (Å²) in [6.45, 7) is 0. The van der Waals surface area contributed by atoms with Crippen LogP contribution >= 0.6 is 0 Å². The first kappa shape index (κ1) is 12.5. The molecule has 100 valence electrons. The normalized spacial score (nSPS) is 10.9. The van der Waals surface area contributed by atoms with Crippen LogP contribution in [-0.4, -0.2) is 10.8 Å². The van der Waals surface area contributed by atoms with Gasteiger partial charge in [0.2, 0.25) is 5.78 Å². The number of hydrogen-bond acceptors (Lipinski definition) is 1. The van der Waals surface area contributed by atoms with Crippen LogP contribution in [0.1, 0.15) is 15.9 Å². The van der Waals surface area contributed by atoms with Gasteiger partial charge in [0.05, 0.1) is 5.56 Å². The summed E-state index contributed by atoms with van der Waals surface area (Å²) in [5.41, 5.74) is -0.119. The SMILES string of the molecule is O=C(c1c(F)cccc1F)c1c[nH]c2cc(F)ccc12. The van der Waals surface area contributed by atoms with Crippen LogP contribution in [0.2, 0.25) is 0 Å². The van der Waals surface area contributed by atoms with Gasteiger partial charge >= 0.3 is 0 Å². The predicted molar refractivity (Wildman–Crippen MR) is 68.0 cm³/mol. The summed E-state index contributed by atoms with van der Waals surface area (Å²) < 4.78 is 40.3. The fourth-order valence-corrected chi connectivity index (χ4v) is 2.14. The van der Waals surface area contributed by atoms with Gasteiger partial charge in [0, 0.05) is 22.7 Å². The number of hydrogen-bond donors (Lipinski definition) is 1. The molecule has 0 aliphatic rings. The summed E-state index contributed by atoms with van der Waals surface area (Å²) >= 11 is 0. The van der Waals surface area contributed by atoms with Crippen molar-refractivity contribution in [2.75, 3.05) is 0 Å². The van der Waals surface area contributed by atoms with Gasteiger partial charge in [-0.3, -0.25) is 4.79 Å². The zero-order valence-corrected chi connectivity index (χ0v) is 10.1. The number of nitrogens with one attached hydrogen (secondary N) is 1. The van der Waals surface area contributed by atoms with Crippen molar-refractivity contribution in [2.24, 2.45) is 0 Å². The summed E-state index contributed by atoms with van der Waals surface area (Å²) in [5.74, 6) is -3.09. The molecule has 1 heterocycles. The molecule has 0 unspecified atom stereocenters. The van der Waals surface area contributed by atoms with Gasteiger partial charge in [-0.25, -0.2) is 13.2 Å². The smallest absolute Gasteiger partial charge is 0.201 e. The standard InChI is InChI=1S/C15H8F3NO/c16-8-4-5-9-10(7-19-13(9)6-8)15(20)14-11(17)2-1-3-12(14)18/h1-7,19H. The molecule has 5 heteroatoms. The van der Waals surface area contributed by atoms with Crippen LogP contribution in [0.5, 0.6) is 0 Å². The van der Waals surface area contributed by atoms with Gasteiger partial charge in [0.1, 0.15) is 17.5 Å². The first-order valence-corrected chi connectivity index (χ1v) is 5.83. The molecule has 3 rings (SSSR count). The zero-order valence-electron chi connectivity index (χ0n) is 10.1. The van der Waals surface area contributed by atoms with Crippen molar-refractivity contribution in [2.45, 2.75) is 0 Å². The monoisotopic (exact) mass is 275 g/mol. The van der Waals surface area contributed by atoms with E-state index in [1.165, 1.54) is 30.5 Å². The van der Waals surface area contributed by atoms with Gasteiger partial charge < -0.3 is 4.98 Å². The summed E-state index contributed by atoms with van der Waals surface area (Å²) in [7, 11) is 0. The molecule has 0 atom stereocenters. The number of carbonyl (C=O) groups excluding carboxylic acids is 1. The quantitative estimate of drug-likeness (QED) is 0.709. The maximum atomic E-state index is 13.6. The predicted octanol–water partition coefficient (Wildman–Crippen LogP) is 3.82. The van der Waals surface area contributed by atoms with Crippen LogP contribution in [-0.2, 0) is 0 Å². The molecule has 0 saturated carbocycles. The van der Waals surface area contributed by atoms with Crippen LogP contribution in [0.25, 0.3) is 10.9 Å². The van der Waals surface area contributed by atoms with Gasteiger partial charge in [-0.15, -0.1) is 0 Å². The Kier molecular flexibility index (Phi) is 2.82. The number of ketones is 1. The summed E-state index contributed by atoms with van der Waals surface area (Å²) in [6.07, 6.45) is 1.32. The van der Waals surface area contributed by atoms with Crippen molar-refractivity contribution in [1.29, 1.82) is 0 Å². The highest BCUT2D eigenvalue weighted by molar-refractivity contribution is 6.16. The van der Waals surface area contributed by atoms with E-state index in [1.807, 2.05) is 0 Å². The molecule has 0 fully saturated rings. The number of H-pyrrole nitrogens is 1. The molecule has 1 aromatic heterocycles. The lowest BCUT2D eigenvalue weighted by Gasteiger charge is -2.03. The maximum absolute atomic E-state index is 13.6. The number of halogens is 3. The highest BCUT2D eigenvalue weighted by Crippen LogP contribution is 2.24. The Morgan fingerprint density at radius 1 is 1.00 bits per heavy atom. The van der Waals surface area contributed by atoms with E-state index in [0.29, 0.717) is 10.9 Å². The van der Waals surface area contributed by atoms with Crippen molar-refractivity contribution in [3.05, 3.63) is 71.2 Å². The first-order valence-electron chi connectivity index (χ1n) is 5.83. The van der Waals surface area contributed by atoms with Gasteiger partial charge in [-0.2, -0.15) is 0 Å². The molecular formula is C15H8F3NO. The maximum Gasteiger partial charge on any atom is 0.201 e. The second kappa shape index (κ2) is 4.52. The molecule has 20 heavy (non-hydrogen) atoms. The van der Waals surface area contributed by atoms with E-state index in [2.05, 4.69) is 4.98 Å². The average molecular weight is 275 g/mol. The van der Waals surface area contributed by atoms with Crippen molar-refractivity contribution >= 4 is 16.7 Å². The number of carbonyl (C=O) groups is 1. The molecule has 0 saturated heterocycles. The third-order valence-corrected chi connectivity index (χ3v) is 3.08. The van der Waals surface area contributed by atoms with Crippen LogP contribution < -0.4 is 0 Å². The molecule has 0 aliphatic carbocycles. The van der Waals surface area contributed by atoms with Crippen molar-refractivity contribution < 1.29 is 18.0 Å². The Hall–Kier alpha value is -2.56. The van der Waals surface area contributed by atoms with E-state index in [1.54, 1.807) is 0 Å². The Morgan fingerprint density at radius 2 is 1.70 bits per heavy atom. The van der Waals surface area contributed by atoms with E-state index in [0.717, 1.165) is 12.1 Å². The van der Waals surface area contributed by atoms with Gasteiger partial charge in [0.15, 0.2) is 0 Å². The molecular weight excluding hydrogens is 267 g/mol. The minimum Gasteiger partial charge on any atom is -0.360 e. The summed E-state index contributed by atoms with van der Waals surface area (Å²) in [5, 5.41) is 0.416. The lowest BCUT2D eigenvalue weighted by molar-refractivity contribution is 0.103. The third kappa shape index (κ3) is 1.87. The molecule has 0 radical (unpaired) electrons. The van der Waals surface area contributed by atoms with Gasteiger partial charge in [-0.05, 0) is 30.3 Å². The third-order valence-electron chi connectivity index (χ3n) is 3.08. The fraction of sp³-hybridized carbons (Fsp3) is 0. The van der Waals surface area contributed by atoms with E-state index in [4.69, 9.17) is 0 Å². The average Bonchev–Trinajstić information content (AvgIpc) is 2.81. The van der Waals surface area contributed by atoms with E-state index < -0.39 is 28.8 Å². The Balaban J connectivity index is 2.18. The fourth-order valence-electron chi connectivity index (χ4n) is 2.14. The highest BCUT2D eigenvalue weighted by Gasteiger charge is 2.21. The second-order valence-electron chi connectivity index (χ2n) is 4.32. The number of fused-ring (bicyclic) bond motifs is 1. The van der Waals surface area contributed by atoms with Crippen LogP contribution in [0.3, 0.4) is 0 Å². The summed E-state index contributed by atoms with van der Waals surface area (Å²) in [6, 6.07) is 7.02. The number of rotatable bonds is 2. The van der Waals surface area contributed by atoms with Gasteiger partial charge in [0.25, 0.3) is 0 Å². The molecule has 0 amide bonds. The van der Waals surface area contributed by atoms with E-state index in [-0.39, 0.29) is 5.56 Å². The van der Waals surface area contributed by atoms with Crippen LogP contribution in [0.4, 0.5) is 13.2 Å². The van der Waals surface area contributed by atoms with Crippen molar-refractivity contribution in [3.8, 4) is 0 Å². The molecule has 1 N–H and O–H groups in total. The summed E-state index contributed by atoms with van der Waals surface area (Å²) in [4.78, 5) is 15.0. The molecule has 0 aliphatic heterocycles. The molecule has 2 nitrogen and oxygen atoms in total. The Morgan fingerprint density at radius 3 is 2.40 bits per heavy atom. The van der Waals surface area contributed by atoms with Crippen LogP contribution in [0.15, 0.2) is 42.6 Å². The lowest BCUT2D eigenvalue weighted by Crippen LogP contribution is -2.06. The number of benzene rings is 2. The molecule has 3 aromatic rings. The van der Waals surface area contributed by atoms with Crippen molar-refractivity contribution in [3.63, 3.8) is 0 Å². The van der Waals surface area contributed by atoms with Gasteiger partial charge in [-0.1, -0.05) is 6.07 Å². The lowest BCUT2D eigenvalue weighted by atomic mass is 10.0. The second-order valence-corrected chi connectivity index (χ2v) is 4.32. The zero-order chi connectivity index (χ0) is 14.3. The Bertz CT molecular complexity index is 803. The van der Waals surface area contributed by atoms with Crippen LogP contribution in [0, 0.1) is 17.5 Å². The van der Waals surface area contributed by atoms with Crippen molar-refractivity contribution in [1.82, 2.24) is 4.98 Å². The molecule has 0 bridgehead atoms. The topological polar surface area (TPSA) is 32.9 Å². The molecule has 2 aromatic carbocycles. The number of aromatic nitrogens is 1. The largest absolute Gasteiger partial charge is 0.360 e.